The largest absolute Gasteiger partial charge is 1.00 e. The van der Waals surface area contributed by atoms with E-state index in [-0.39, 0.29) is 29.7 Å². The smallest absolute Gasteiger partial charge is 0.810 e. The number of rotatable bonds is 0. The molecule has 0 saturated carbocycles. The summed E-state index contributed by atoms with van der Waals surface area (Å²) < 4.78 is 0. The molecule has 0 atom stereocenters. The second kappa shape index (κ2) is 3.51. The van der Waals surface area contributed by atoms with Crippen LogP contribution in [0.15, 0.2) is 24.3 Å². The van der Waals surface area contributed by atoms with Crippen LogP contribution in [0.25, 0.3) is 5.41 Å². The van der Waals surface area contributed by atoms with Crippen molar-refractivity contribution in [3.8, 4) is 0 Å². The molecular weight excluding hydrogens is 177 g/mol. The standard InChI is InChI=1S/C13H16N.Li/c1-12(2)9-7-5-6-8-10(9)13(3,4)11(12)14;/h5-8H,1-4H3;/q-1;+1. The predicted molar refractivity (Wildman–Crippen MR) is 60.9 cm³/mol. The molecule has 1 aliphatic rings. The van der Waals surface area contributed by atoms with E-state index in [2.05, 4.69) is 39.8 Å². The Bertz CT molecular complexity index is 368. The van der Waals surface area contributed by atoms with Crippen molar-refractivity contribution in [3.63, 3.8) is 0 Å². The Morgan fingerprint density at radius 1 is 0.867 bits per heavy atom. The topological polar surface area (TPSA) is 22.3 Å². The molecule has 0 amide bonds. The second-order valence-corrected chi connectivity index (χ2v) is 5.14. The normalized spacial score (nSPS) is 20.7. The number of fused-ring (bicyclic) bond motifs is 1. The Kier molecular flexibility index (Phi) is 2.94. The van der Waals surface area contributed by atoms with E-state index in [1.54, 1.807) is 0 Å². The van der Waals surface area contributed by atoms with Gasteiger partial charge in [-0.15, -0.1) is 0 Å². The third-order valence-electron chi connectivity index (χ3n) is 3.46. The number of benzene rings is 1. The van der Waals surface area contributed by atoms with Crippen LogP contribution in [0, 0.1) is 0 Å². The van der Waals surface area contributed by atoms with E-state index < -0.39 is 0 Å². The minimum Gasteiger partial charge on any atom is -0.810 e. The summed E-state index contributed by atoms with van der Waals surface area (Å²) >= 11 is 0. The molecule has 2 heteroatoms. The van der Waals surface area contributed by atoms with Crippen molar-refractivity contribution in [3.05, 3.63) is 40.8 Å². The molecule has 0 saturated heterocycles. The third-order valence-corrected chi connectivity index (χ3v) is 3.46. The molecule has 15 heavy (non-hydrogen) atoms. The minimum atomic E-state index is -0.208. The van der Waals surface area contributed by atoms with Crippen molar-refractivity contribution in [2.75, 3.05) is 0 Å². The Balaban J connectivity index is 0.00000112. The summed E-state index contributed by atoms with van der Waals surface area (Å²) in [4.78, 5) is 0. The molecule has 0 aliphatic heterocycles. The predicted octanol–water partition coefficient (Wildman–Crippen LogP) is 0.270. The van der Waals surface area contributed by atoms with Crippen LogP contribution in [0.3, 0.4) is 0 Å². The summed E-state index contributed by atoms with van der Waals surface area (Å²) in [5, 5.41) is 10.2. The van der Waals surface area contributed by atoms with Gasteiger partial charge in [0.25, 0.3) is 0 Å². The molecule has 0 N–H and O–H groups in total. The van der Waals surface area contributed by atoms with Crippen LogP contribution >= 0.6 is 0 Å². The van der Waals surface area contributed by atoms with Gasteiger partial charge in [-0.1, -0.05) is 52.0 Å². The van der Waals surface area contributed by atoms with Gasteiger partial charge >= 0.3 is 18.9 Å². The van der Waals surface area contributed by atoms with Crippen LogP contribution in [0.4, 0.5) is 0 Å². The molecule has 2 rings (SSSR count). The number of hydrogen-bond donors (Lipinski definition) is 0. The van der Waals surface area contributed by atoms with Crippen LogP contribution in [-0.2, 0) is 10.8 Å². The molecule has 0 bridgehead atoms. The maximum absolute atomic E-state index is 10.2. The van der Waals surface area contributed by atoms with E-state index in [4.69, 9.17) is 0 Å². The first-order valence-corrected chi connectivity index (χ1v) is 5.05. The monoisotopic (exact) mass is 193 g/mol. The Hall–Kier alpha value is -0.513. The number of hydrogen-bond acceptors (Lipinski definition) is 0. The summed E-state index contributed by atoms with van der Waals surface area (Å²) in [5.74, 6) is 0. The fourth-order valence-corrected chi connectivity index (χ4v) is 2.61. The Morgan fingerprint density at radius 3 is 1.53 bits per heavy atom. The van der Waals surface area contributed by atoms with Crippen LogP contribution in [0.1, 0.15) is 38.8 Å². The van der Waals surface area contributed by atoms with Crippen molar-refractivity contribution in [2.24, 2.45) is 0 Å². The number of nitrogens with zero attached hydrogens (tertiary/aromatic N) is 1. The SMILES string of the molecule is CC1(C)C(=[N-])C(C)(C)c2ccccc21.[Li+]. The molecule has 1 aromatic rings. The van der Waals surface area contributed by atoms with Crippen molar-refractivity contribution in [1.82, 2.24) is 0 Å². The van der Waals surface area contributed by atoms with Gasteiger partial charge in [0, 0.05) is 0 Å². The fourth-order valence-electron chi connectivity index (χ4n) is 2.61. The van der Waals surface area contributed by atoms with Gasteiger partial charge in [0.15, 0.2) is 0 Å². The van der Waals surface area contributed by atoms with Gasteiger partial charge in [0.2, 0.25) is 0 Å². The summed E-state index contributed by atoms with van der Waals surface area (Å²) in [6, 6.07) is 8.30. The summed E-state index contributed by atoms with van der Waals surface area (Å²) in [7, 11) is 0. The molecule has 0 spiro atoms. The molecule has 0 unspecified atom stereocenters. The van der Waals surface area contributed by atoms with E-state index in [0.29, 0.717) is 5.71 Å². The molecule has 1 aromatic carbocycles. The minimum absolute atomic E-state index is 0. The van der Waals surface area contributed by atoms with Gasteiger partial charge in [-0.3, -0.25) is 0 Å². The molecule has 0 radical (unpaired) electrons. The average molecular weight is 193 g/mol. The van der Waals surface area contributed by atoms with Crippen LogP contribution in [0.5, 0.6) is 0 Å². The molecular formula is C13H16LiN. The van der Waals surface area contributed by atoms with Gasteiger partial charge in [-0.05, 0) is 22.0 Å². The molecule has 0 fully saturated rings. The quantitative estimate of drug-likeness (QED) is 0.528. The molecule has 0 aromatic heterocycles. The van der Waals surface area contributed by atoms with Crippen molar-refractivity contribution in [1.29, 1.82) is 0 Å². The fraction of sp³-hybridized carbons (Fsp3) is 0.462. The van der Waals surface area contributed by atoms with Crippen molar-refractivity contribution < 1.29 is 18.9 Å². The van der Waals surface area contributed by atoms with Gasteiger partial charge < -0.3 is 5.41 Å². The van der Waals surface area contributed by atoms with Gasteiger partial charge in [0.05, 0.1) is 0 Å². The Labute approximate surface area is 104 Å². The first kappa shape index (κ1) is 12.6. The maximum Gasteiger partial charge on any atom is 1.00 e. The molecule has 1 aliphatic carbocycles. The van der Waals surface area contributed by atoms with Gasteiger partial charge in [0.1, 0.15) is 0 Å². The van der Waals surface area contributed by atoms with Crippen LogP contribution < -0.4 is 18.9 Å². The van der Waals surface area contributed by atoms with Gasteiger partial charge in [-0.25, -0.2) is 0 Å². The second-order valence-electron chi connectivity index (χ2n) is 5.14. The molecule has 0 heterocycles. The van der Waals surface area contributed by atoms with E-state index in [1.165, 1.54) is 11.1 Å². The zero-order chi connectivity index (χ0) is 10.6. The van der Waals surface area contributed by atoms with Crippen LogP contribution in [0.2, 0.25) is 0 Å². The molecule has 74 valence electrons. The van der Waals surface area contributed by atoms with E-state index >= 15 is 0 Å². The molecule has 1 nitrogen and oxygen atoms in total. The van der Waals surface area contributed by atoms with Crippen molar-refractivity contribution in [2.45, 2.75) is 38.5 Å². The van der Waals surface area contributed by atoms with E-state index in [9.17, 15) is 5.41 Å². The van der Waals surface area contributed by atoms with Crippen LogP contribution in [-0.4, -0.2) is 5.71 Å². The van der Waals surface area contributed by atoms with E-state index in [1.807, 2.05) is 12.1 Å². The zero-order valence-electron chi connectivity index (χ0n) is 10.3. The van der Waals surface area contributed by atoms with Gasteiger partial charge in [-0.2, -0.15) is 5.71 Å². The maximum atomic E-state index is 10.2. The summed E-state index contributed by atoms with van der Waals surface area (Å²) in [6.07, 6.45) is 0. The zero-order valence-corrected chi connectivity index (χ0v) is 10.3. The first-order valence-electron chi connectivity index (χ1n) is 5.05. The average Bonchev–Trinajstić information content (AvgIpc) is 2.28. The first-order chi connectivity index (χ1) is 6.38. The Morgan fingerprint density at radius 2 is 1.20 bits per heavy atom. The summed E-state index contributed by atoms with van der Waals surface area (Å²) in [6.45, 7) is 8.32. The third kappa shape index (κ3) is 1.50. The van der Waals surface area contributed by atoms with Crippen molar-refractivity contribution >= 4 is 5.71 Å². The van der Waals surface area contributed by atoms with E-state index in [0.717, 1.165) is 0 Å². The summed E-state index contributed by atoms with van der Waals surface area (Å²) in [5.41, 5.74) is 2.66.